The molecule has 1 aliphatic heterocycles. The first-order chi connectivity index (χ1) is 8.47. The Balaban J connectivity index is 2.52. The summed E-state index contributed by atoms with van der Waals surface area (Å²) in [6, 6.07) is 0. The van der Waals surface area contributed by atoms with Crippen LogP contribution in [-0.4, -0.2) is 75.0 Å². The minimum Gasteiger partial charge on any atom is -0.396 e. The van der Waals surface area contributed by atoms with E-state index in [1.54, 1.807) is 0 Å². The van der Waals surface area contributed by atoms with Crippen LogP contribution in [0.5, 0.6) is 0 Å². The summed E-state index contributed by atoms with van der Waals surface area (Å²) in [6.45, 7) is 10.4. The highest BCUT2D eigenvalue weighted by atomic mass is 16.5. The normalized spacial score (nSPS) is 24.7. The molecule has 1 aliphatic rings. The zero-order valence-corrected chi connectivity index (χ0v) is 12.5. The molecule has 1 heterocycles. The van der Waals surface area contributed by atoms with E-state index in [1.807, 2.05) is 0 Å². The number of ether oxygens (including phenoxy) is 1. The van der Waals surface area contributed by atoms with Crippen LogP contribution in [0, 0.1) is 11.3 Å². The van der Waals surface area contributed by atoms with Crippen LogP contribution in [0.3, 0.4) is 0 Å². The van der Waals surface area contributed by atoms with E-state index >= 15 is 0 Å². The molecule has 0 aliphatic carbocycles. The number of rotatable bonds is 8. The highest BCUT2D eigenvalue weighted by molar-refractivity contribution is 4.86. The summed E-state index contributed by atoms with van der Waals surface area (Å²) >= 11 is 0. The molecule has 0 radical (unpaired) electrons. The van der Waals surface area contributed by atoms with E-state index in [-0.39, 0.29) is 12.0 Å². The van der Waals surface area contributed by atoms with Gasteiger partial charge in [0.2, 0.25) is 0 Å². The number of likely N-dealkylation sites (N-methyl/N-ethyl adjacent to an activating group) is 1. The van der Waals surface area contributed by atoms with Gasteiger partial charge in [-0.3, -0.25) is 0 Å². The lowest BCUT2D eigenvalue weighted by atomic mass is 9.87. The van der Waals surface area contributed by atoms with Crippen molar-refractivity contribution in [3.8, 4) is 0 Å². The Morgan fingerprint density at radius 1 is 1.28 bits per heavy atom. The molecule has 0 spiro atoms. The first-order valence-electron chi connectivity index (χ1n) is 7.03. The summed E-state index contributed by atoms with van der Waals surface area (Å²) in [6.07, 6.45) is 0.986. The monoisotopic (exact) mass is 258 g/mol. The Bertz CT molecular complexity index is 226. The molecule has 0 bridgehead atoms. The fourth-order valence-corrected chi connectivity index (χ4v) is 2.52. The molecule has 4 nitrogen and oxygen atoms in total. The number of hydrogen-bond acceptors (Lipinski definition) is 4. The lowest BCUT2D eigenvalue weighted by molar-refractivity contribution is 0.0508. The van der Waals surface area contributed by atoms with Crippen LogP contribution in [0.25, 0.3) is 0 Å². The van der Waals surface area contributed by atoms with Crippen molar-refractivity contribution >= 4 is 0 Å². The molecule has 0 saturated carbocycles. The number of aliphatic hydroxyl groups is 1. The van der Waals surface area contributed by atoms with Crippen molar-refractivity contribution in [1.82, 2.24) is 9.80 Å². The van der Waals surface area contributed by atoms with Crippen molar-refractivity contribution in [1.29, 1.82) is 0 Å². The van der Waals surface area contributed by atoms with Crippen molar-refractivity contribution in [3.05, 3.63) is 0 Å². The molecule has 1 atom stereocenters. The highest BCUT2D eigenvalue weighted by Crippen LogP contribution is 2.29. The SMILES string of the molecule is CC(C)CN(CCN(C)C)CC1(CO)CCOC1. The Morgan fingerprint density at radius 3 is 2.44 bits per heavy atom. The molecule has 1 N–H and O–H groups in total. The molecule has 1 unspecified atom stereocenters. The third kappa shape index (κ3) is 5.22. The van der Waals surface area contributed by atoms with E-state index in [1.165, 1.54) is 0 Å². The van der Waals surface area contributed by atoms with E-state index in [9.17, 15) is 5.11 Å². The van der Waals surface area contributed by atoms with Gasteiger partial charge in [-0.05, 0) is 26.4 Å². The van der Waals surface area contributed by atoms with Crippen molar-refractivity contribution in [2.45, 2.75) is 20.3 Å². The summed E-state index contributed by atoms with van der Waals surface area (Å²) in [7, 11) is 4.21. The maximum absolute atomic E-state index is 9.66. The van der Waals surface area contributed by atoms with E-state index in [4.69, 9.17) is 4.74 Å². The van der Waals surface area contributed by atoms with Gasteiger partial charge in [0.1, 0.15) is 0 Å². The molecular weight excluding hydrogens is 228 g/mol. The van der Waals surface area contributed by atoms with E-state index in [0.29, 0.717) is 12.5 Å². The zero-order valence-electron chi connectivity index (χ0n) is 12.5. The molecule has 18 heavy (non-hydrogen) atoms. The second-order valence-electron chi connectivity index (χ2n) is 6.39. The average molecular weight is 258 g/mol. The summed E-state index contributed by atoms with van der Waals surface area (Å²) in [4.78, 5) is 4.69. The Hall–Kier alpha value is -0.160. The lowest BCUT2D eigenvalue weighted by Crippen LogP contribution is -2.44. The van der Waals surface area contributed by atoms with Crippen LogP contribution >= 0.6 is 0 Å². The first kappa shape index (κ1) is 15.9. The fraction of sp³-hybridized carbons (Fsp3) is 1.00. The van der Waals surface area contributed by atoms with Gasteiger partial charge in [-0.2, -0.15) is 0 Å². The lowest BCUT2D eigenvalue weighted by Gasteiger charge is -2.34. The topological polar surface area (TPSA) is 35.9 Å². The van der Waals surface area contributed by atoms with Crippen molar-refractivity contribution < 1.29 is 9.84 Å². The number of nitrogens with zero attached hydrogens (tertiary/aromatic N) is 2. The summed E-state index contributed by atoms with van der Waals surface area (Å²) in [5.74, 6) is 0.658. The summed E-state index contributed by atoms with van der Waals surface area (Å²) in [5, 5.41) is 9.66. The second kappa shape index (κ2) is 7.43. The molecule has 108 valence electrons. The smallest absolute Gasteiger partial charge is 0.0557 e. The van der Waals surface area contributed by atoms with E-state index in [0.717, 1.165) is 39.2 Å². The third-order valence-electron chi connectivity index (χ3n) is 3.57. The third-order valence-corrected chi connectivity index (χ3v) is 3.57. The van der Waals surface area contributed by atoms with Gasteiger partial charge in [0, 0.05) is 38.2 Å². The van der Waals surface area contributed by atoms with Gasteiger partial charge in [-0.25, -0.2) is 0 Å². The van der Waals surface area contributed by atoms with Crippen LogP contribution in [0.2, 0.25) is 0 Å². The predicted octanol–water partition coefficient (Wildman–Crippen LogP) is 0.905. The molecule has 1 rings (SSSR count). The largest absolute Gasteiger partial charge is 0.396 e. The van der Waals surface area contributed by atoms with E-state index in [2.05, 4.69) is 37.7 Å². The van der Waals surface area contributed by atoms with Crippen LogP contribution in [0.4, 0.5) is 0 Å². The quantitative estimate of drug-likeness (QED) is 0.702. The maximum atomic E-state index is 9.66. The van der Waals surface area contributed by atoms with Crippen molar-refractivity contribution in [3.63, 3.8) is 0 Å². The van der Waals surface area contributed by atoms with Gasteiger partial charge in [-0.1, -0.05) is 13.8 Å². The molecule has 0 amide bonds. The van der Waals surface area contributed by atoms with Crippen molar-refractivity contribution in [2.24, 2.45) is 11.3 Å². The Kier molecular flexibility index (Phi) is 6.57. The molecular formula is C14H30N2O2. The number of aliphatic hydroxyl groups excluding tert-OH is 1. The summed E-state index contributed by atoms with van der Waals surface area (Å²) in [5.41, 5.74) is -0.0266. The molecule has 1 fully saturated rings. The zero-order chi connectivity index (χ0) is 13.6. The molecule has 0 aromatic heterocycles. The number of hydrogen-bond donors (Lipinski definition) is 1. The van der Waals surface area contributed by atoms with Gasteiger partial charge in [-0.15, -0.1) is 0 Å². The predicted molar refractivity (Wildman–Crippen MR) is 74.8 cm³/mol. The standard InChI is InChI=1S/C14H30N2O2/c1-13(2)9-16(7-6-15(3)4)10-14(11-17)5-8-18-12-14/h13,17H,5-12H2,1-4H3. The Labute approximate surface area is 112 Å². The fourth-order valence-electron chi connectivity index (χ4n) is 2.52. The molecule has 1 saturated heterocycles. The Morgan fingerprint density at radius 2 is 2.00 bits per heavy atom. The van der Waals surface area contributed by atoms with Gasteiger partial charge in [0.05, 0.1) is 13.2 Å². The van der Waals surface area contributed by atoms with Crippen LogP contribution in [0.1, 0.15) is 20.3 Å². The molecule has 0 aromatic rings. The highest BCUT2D eigenvalue weighted by Gasteiger charge is 2.36. The minimum atomic E-state index is -0.0266. The first-order valence-corrected chi connectivity index (χ1v) is 7.03. The molecule has 0 aromatic carbocycles. The van der Waals surface area contributed by atoms with Gasteiger partial charge in [0.25, 0.3) is 0 Å². The minimum absolute atomic E-state index is 0.0266. The van der Waals surface area contributed by atoms with Crippen molar-refractivity contribution in [2.75, 3.05) is 60.1 Å². The van der Waals surface area contributed by atoms with Crippen LogP contribution in [0.15, 0.2) is 0 Å². The van der Waals surface area contributed by atoms with Gasteiger partial charge >= 0.3 is 0 Å². The maximum Gasteiger partial charge on any atom is 0.0557 e. The van der Waals surface area contributed by atoms with E-state index < -0.39 is 0 Å². The van der Waals surface area contributed by atoms with Crippen LogP contribution < -0.4 is 0 Å². The average Bonchev–Trinajstić information content (AvgIpc) is 2.74. The van der Waals surface area contributed by atoms with Gasteiger partial charge in [0.15, 0.2) is 0 Å². The van der Waals surface area contributed by atoms with Crippen LogP contribution in [-0.2, 0) is 4.74 Å². The van der Waals surface area contributed by atoms with Gasteiger partial charge < -0.3 is 19.6 Å². The summed E-state index contributed by atoms with van der Waals surface area (Å²) < 4.78 is 5.49. The second-order valence-corrected chi connectivity index (χ2v) is 6.39. The molecule has 4 heteroatoms.